The largest absolute Gasteiger partial charge is 0.417 e. The van der Waals surface area contributed by atoms with Crippen LogP contribution in [0.1, 0.15) is 0 Å². The molecule has 1 saturated heterocycles. The molecule has 2 atom stereocenters. The number of nitrogens with one attached hydrogen (secondary N) is 3. The molecule has 0 aromatic heterocycles. The molecule has 3 N–H and O–H groups in total. The van der Waals surface area contributed by atoms with E-state index in [9.17, 15) is 10.1 Å². The summed E-state index contributed by atoms with van der Waals surface area (Å²) in [5.41, 5.74) is 0. The zero-order chi connectivity index (χ0) is 6.69. The molecule has 2 unspecified atom stereocenters. The van der Waals surface area contributed by atoms with Gasteiger partial charge in [0.2, 0.25) is 0 Å². The average molecular weight is 186 g/mol. The summed E-state index contributed by atoms with van der Waals surface area (Å²) in [4.78, 5) is 18.4. The fourth-order valence-electron chi connectivity index (χ4n) is 0.303. The molecule has 1 fully saturated rings. The molecule has 0 aromatic rings. The zero-order valence-electron chi connectivity index (χ0n) is 4.21. The molecule has 9 heteroatoms. The first-order valence-electron chi connectivity index (χ1n) is 2.01. The Labute approximate surface area is 56.4 Å². The molecule has 1 rings (SSSR count). The quantitative estimate of drug-likeness (QED) is 0.311. The van der Waals surface area contributed by atoms with Gasteiger partial charge in [-0.1, -0.05) is 0 Å². The van der Waals surface area contributed by atoms with Crippen molar-refractivity contribution in [2.45, 2.75) is 0 Å². The summed E-state index contributed by atoms with van der Waals surface area (Å²) in [6.07, 6.45) is 0. The van der Waals surface area contributed by atoms with E-state index in [0.717, 1.165) is 0 Å². The molecule has 0 aromatic carbocycles. The van der Waals surface area contributed by atoms with Gasteiger partial charge in [0.05, 0.1) is 4.69 Å². The van der Waals surface area contributed by atoms with Crippen LogP contribution in [-0.2, 0) is 0 Å². The number of nitrogens with zero attached hydrogens (tertiary/aromatic N) is 1. The van der Waals surface area contributed by atoms with Crippen molar-refractivity contribution in [3.8, 4) is 0 Å². The summed E-state index contributed by atoms with van der Waals surface area (Å²) in [6, 6.07) is 0. The molecular weight excluding hydrogens is 181 g/mol. The van der Waals surface area contributed by atoms with E-state index >= 15 is 0 Å². The molecule has 6 nitrogen and oxygen atoms in total. The van der Waals surface area contributed by atoms with Crippen LogP contribution in [0.5, 0.6) is 0 Å². The molecule has 1 aliphatic heterocycles. The van der Waals surface area contributed by atoms with Crippen molar-refractivity contribution in [3.63, 3.8) is 0 Å². The number of rotatable bonds is 1. The second-order valence-corrected chi connectivity index (χ2v) is 5.39. The summed E-state index contributed by atoms with van der Waals surface area (Å²) in [6.45, 7) is 0. The van der Waals surface area contributed by atoms with Gasteiger partial charge in [-0.2, -0.15) is 9.72 Å². The van der Waals surface area contributed by atoms with Gasteiger partial charge < -0.3 is 0 Å². The lowest BCUT2D eigenvalue weighted by atomic mass is 13.4. The highest BCUT2D eigenvalue weighted by molar-refractivity contribution is 7.70. The number of hydrogen-bond acceptors (Lipinski definition) is 5. The maximum Gasteiger partial charge on any atom is 0.417 e. The van der Waals surface area contributed by atoms with E-state index in [-0.39, 0.29) is 4.69 Å². The van der Waals surface area contributed by atoms with Gasteiger partial charge in [-0.25, -0.2) is 0 Å². The van der Waals surface area contributed by atoms with Crippen LogP contribution in [0.4, 0.5) is 0 Å². The SMILES string of the molecule is O=[N+]([O-])P1NPNPN1. The first kappa shape index (κ1) is 7.67. The van der Waals surface area contributed by atoms with Gasteiger partial charge in [-0.15, -0.1) is 0 Å². The minimum Gasteiger partial charge on any atom is -0.261 e. The van der Waals surface area contributed by atoms with Crippen LogP contribution < -0.4 is 14.6 Å². The van der Waals surface area contributed by atoms with E-state index in [0.29, 0.717) is 17.8 Å². The molecular formula is H5N4O2P3. The Balaban J connectivity index is 2.31. The van der Waals surface area contributed by atoms with Crippen molar-refractivity contribution >= 4 is 26.1 Å². The van der Waals surface area contributed by atoms with Crippen LogP contribution in [0.2, 0.25) is 0 Å². The van der Waals surface area contributed by atoms with E-state index in [1.165, 1.54) is 0 Å². The lowest BCUT2D eigenvalue weighted by molar-refractivity contribution is -0.305. The molecule has 52 valence electrons. The average Bonchev–Trinajstić information content (AvgIpc) is 1.90. The molecule has 9 heavy (non-hydrogen) atoms. The van der Waals surface area contributed by atoms with Gasteiger partial charge in [0.25, 0.3) is 0 Å². The molecule has 0 saturated carbocycles. The van der Waals surface area contributed by atoms with Crippen molar-refractivity contribution in [3.05, 3.63) is 10.1 Å². The summed E-state index contributed by atoms with van der Waals surface area (Å²) in [7, 11) is -0.723. The van der Waals surface area contributed by atoms with Gasteiger partial charge in [-0.05, 0) is 0 Å². The highest BCUT2D eigenvalue weighted by Crippen LogP contribution is 2.38. The smallest absolute Gasteiger partial charge is 0.261 e. The second kappa shape index (κ2) is 3.67. The Bertz CT molecular complexity index is 110. The maximum atomic E-state index is 10.0. The van der Waals surface area contributed by atoms with E-state index in [4.69, 9.17) is 0 Å². The predicted molar refractivity (Wildman–Crippen MR) is 40.0 cm³/mol. The monoisotopic (exact) mass is 186 g/mol. The molecule has 0 aliphatic carbocycles. The fraction of sp³-hybridized carbons (Fsp3) is 0. The molecule has 0 bridgehead atoms. The van der Waals surface area contributed by atoms with Crippen LogP contribution in [0.15, 0.2) is 0 Å². The van der Waals surface area contributed by atoms with Crippen molar-refractivity contribution in [1.82, 2.24) is 14.6 Å². The van der Waals surface area contributed by atoms with Gasteiger partial charge >= 0.3 is 8.37 Å². The van der Waals surface area contributed by atoms with Gasteiger partial charge in [0.1, 0.15) is 0 Å². The van der Waals surface area contributed by atoms with Crippen molar-refractivity contribution in [2.24, 2.45) is 0 Å². The lowest BCUT2D eigenvalue weighted by Gasteiger charge is -2.15. The maximum absolute atomic E-state index is 10.0. The second-order valence-electron chi connectivity index (χ2n) is 1.15. The predicted octanol–water partition coefficient (Wildman–Crippen LogP) is 0.289. The Hall–Kier alpha value is 0.570. The Morgan fingerprint density at radius 1 is 1.44 bits per heavy atom. The molecule has 0 spiro atoms. The third-order valence-electron chi connectivity index (χ3n) is 0.612. The first-order valence-corrected chi connectivity index (χ1v) is 5.31. The summed E-state index contributed by atoms with van der Waals surface area (Å²) >= 11 is 0. The van der Waals surface area contributed by atoms with Crippen LogP contribution in [0.25, 0.3) is 0 Å². The molecule has 0 amide bonds. The normalized spacial score (nSPS) is 33.1. The third-order valence-corrected chi connectivity index (χ3v) is 4.53. The van der Waals surface area contributed by atoms with Crippen LogP contribution in [0, 0.1) is 10.1 Å². The zero-order valence-corrected chi connectivity index (χ0v) is 7.11. The van der Waals surface area contributed by atoms with Crippen LogP contribution >= 0.6 is 26.1 Å². The van der Waals surface area contributed by atoms with Crippen molar-refractivity contribution < 1.29 is 4.69 Å². The molecule has 1 aliphatic rings. The van der Waals surface area contributed by atoms with Crippen molar-refractivity contribution in [1.29, 1.82) is 0 Å². The first-order chi connectivity index (χ1) is 4.30. The Morgan fingerprint density at radius 3 is 2.33 bits per heavy atom. The van der Waals surface area contributed by atoms with Gasteiger partial charge in [0, 0.05) is 17.8 Å². The van der Waals surface area contributed by atoms with Crippen molar-refractivity contribution in [2.75, 3.05) is 0 Å². The van der Waals surface area contributed by atoms with E-state index < -0.39 is 8.37 Å². The van der Waals surface area contributed by atoms with Gasteiger partial charge in [-0.3, -0.25) is 15.0 Å². The number of nitro groups is 1. The topological polar surface area (TPSA) is 79.2 Å². The Kier molecular flexibility index (Phi) is 3.13. The van der Waals surface area contributed by atoms with Crippen LogP contribution in [-0.4, -0.2) is 4.69 Å². The Morgan fingerprint density at radius 2 is 2.00 bits per heavy atom. The standard InChI is InChI=1S/H5N4O2P3/c5-4(6)9-2-7-1-8-3-9/h1-3,7-8H. The fourth-order valence-corrected chi connectivity index (χ4v) is 4.23. The number of hydrogen-bond donors (Lipinski definition) is 3. The van der Waals surface area contributed by atoms with Crippen LogP contribution in [0.3, 0.4) is 0 Å². The lowest BCUT2D eigenvalue weighted by Crippen LogP contribution is -2.20. The van der Waals surface area contributed by atoms with E-state index in [1.807, 2.05) is 0 Å². The summed E-state index contributed by atoms with van der Waals surface area (Å²) < 4.78 is -0.323. The minimum atomic E-state index is -1.35. The van der Waals surface area contributed by atoms with E-state index in [1.54, 1.807) is 0 Å². The van der Waals surface area contributed by atoms with Gasteiger partial charge in [0.15, 0.2) is 0 Å². The molecule has 0 radical (unpaired) electrons. The van der Waals surface area contributed by atoms with E-state index in [2.05, 4.69) is 14.6 Å². The highest BCUT2D eigenvalue weighted by atomic mass is 31.2. The highest BCUT2D eigenvalue weighted by Gasteiger charge is 2.24. The summed E-state index contributed by atoms with van der Waals surface area (Å²) in [5.74, 6) is 0. The third kappa shape index (κ3) is 2.34. The molecule has 1 heterocycles. The summed E-state index contributed by atoms with van der Waals surface area (Å²) in [5, 5.41) is 10.0. The minimum absolute atomic E-state index is 0.312.